The van der Waals surface area contributed by atoms with E-state index in [0.717, 1.165) is 19.1 Å². The van der Waals surface area contributed by atoms with Crippen molar-refractivity contribution < 1.29 is 0 Å². The van der Waals surface area contributed by atoms with Crippen LogP contribution in [0.2, 0.25) is 0 Å². The molecule has 4 heteroatoms. The van der Waals surface area contributed by atoms with E-state index in [-0.39, 0.29) is 11.0 Å². The molecule has 1 aliphatic rings. The van der Waals surface area contributed by atoms with Crippen molar-refractivity contribution in [1.82, 2.24) is 10.3 Å². The average molecular weight is 310 g/mol. The number of hydrogen-bond acceptors (Lipinski definition) is 4. The SMILES string of the molecule is CCN(c1nc(C(C)(C)C)c(CNC(C)(C)C)s1)C1CC1. The Morgan fingerprint density at radius 3 is 2.24 bits per heavy atom. The van der Waals surface area contributed by atoms with Crippen LogP contribution in [-0.4, -0.2) is 23.1 Å². The maximum absolute atomic E-state index is 5.02. The first-order chi connectivity index (χ1) is 9.62. The van der Waals surface area contributed by atoms with E-state index in [0.29, 0.717) is 0 Å². The number of anilines is 1. The van der Waals surface area contributed by atoms with Gasteiger partial charge in [0.25, 0.3) is 0 Å². The Balaban J connectivity index is 2.26. The lowest BCUT2D eigenvalue weighted by Crippen LogP contribution is -2.35. The zero-order valence-corrected chi connectivity index (χ0v) is 15.5. The van der Waals surface area contributed by atoms with Crippen molar-refractivity contribution in [3.63, 3.8) is 0 Å². The van der Waals surface area contributed by atoms with Crippen LogP contribution in [0.25, 0.3) is 0 Å². The molecule has 0 aromatic carbocycles. The summed E-state index contributed by atoms with van der Waals surface area (Å²) in [6.07, 6.45) is 2.65. The van der Waals surface area contributed by atoms with Gasteiger partial charge in [0, 0.05) is 35.0 Å². The second kappa shape index (κ2) is 5.88. The molecule has 1 aromatic heterocycles. The number of nitrogens with one attached hydrogen (secondary N) is 1. The van der Waals surface area contributed by atoms with Crippen LogP contribution in [-0.2, 0) is 12.0 Å². The minimum atomic E-state index is 0.104. The highest BCUT2D eigenvalue weighted by atomic mass is 32.1. The first kappa shape index (κ1) is 16.8. The summed E-state index contributed by atoms with van der Waals surface area (Å²) < 4.78 is 0. The van der Waals surface area contributed by atoms with Gasteiger partial charge in [0.15, 0.2) is 5.13 Å². The first-order valence-corrected chi connectivity index (χ1v) is 8.95. The molecule has 0 unspecified atom stereocenters. The fraction of sp³-hybridized carbons (Fsp3) is 0.824. The van der Waals surface area contributed by atoms with E-state index < -0.39 is 0 Å². The van der Waals surface area contributed by atoms with Crippen LogP contribution >= 0.6 is 11.3 Å². The Kier molecular flexibility index (Phi) is 4.69. The van der Waals surface area contributed by atoms with E-state index in [9.17, 15) is 0 Å². The Bertz CT molecular complexity index is 475. The zero-order chi connectivity index (χ0) is 15.8. The molecule has 3 nitrogen and oxygen atoms in total. The molecular weight excluding hydrogens is 278 g/mol. The smallest absolute Gasteiger partial charge is 0.186 e. The Morgan fingerprint density at radius 1 is 1.19 bits per heavy atom. The lowest BCUT2D eigenvalue weighted by Gasteiger charge is -2.22. The fourth-order valence-corrected chi connectivity index (χ4v) is 3.79. The Labute approximate surface area is 134 Å². The fourth-order valence-electron chi connectivity index (χ4n) is 2.45. The molecule has 1 heterocycles. The molecule has 2 rings (SSSR count). The van der Waals surface area contributed by atoms with Gasteiger partial charge in [-0.05, 0) is 40.5 Å². The maximum atomic E-state index is 5.02. The second-order valence-corrected chi connectivity index (χ2v) is 9.20. The van der Waals surface area contributed by atoms with Gasteiger partial charge in [-0.25, -0.2) is 4.98 Å². The largest absolute Gasteiger partial charge is 0.345 e. The summed E-state index contributed by atoms with van der Waals surface area (Å²) in [5.74, 6) is 0. The number of rotatable bonds is 5. The van der Waals surface area contributed by atoms with Gasteiger partial charge in [-0.15, -0.1) is 11.3 Å². The minimum absolute atomic E-state index is 0.104. The molecule has 1 N–H and O–H groups in total. The van der Waals surface area contributed by atoms with Gasteiger partial charge < -0.3 is 10.2 Å². The van der Waals surface area contributed by atoms with Gasteiger partial charge in [0.2, 0.25) is 0 Å². The quantitative estimate of drug-likeness (QED) is 0.878. The van der Waals surface area contributed by atoms with E-state index in [1.807, 2.05) is 11.3 Å². The number of nitrogens with zero attached hydrogens (tertiary/aromatic N) is 2. The molecule has 1 fully saturated rings. The van der Waals surface area contributed by atoms with Crippen molar-refractivity contribution in [3.8, 4) is 0 Å². The van der Waals surface area contributed by atoms with E-state index >= 15 is 0 Å². The third-order valence-corrected chi connectivity index (χ3v) is 4.84. The second-order valence-electron chi connectivity index (χ2n) is 8.14. The topological polar surface area (TPSA) is 28.2 Å². The molecule has 0 amide bonds. The number of aromatic nitrogens is 1. The normalized spacial score (nSPS) is 16.3. The predicted molar refractivity (Wildman–Crippen MR) is 93.4 cm³/mol. The molecule has 1 aromatic rings. The van der Waals surface area contributed by atoms with Gasteiger partial charge in [0.1, 0.15) is 0 Å². The predicted octanol–water partition coefficient (Wildman–Crippen LogP) is 4.32. The van der Waals surface area contributed by atoms with Gasteiger partial charge in [-0.2, -0.15) is 0 Å². The highest BCUT2D eigenvalue weighted by Crippen LogP contribution is 2.38. The third kappa shape index (κ3) is 4.43. The first-order valence-electron chi connectivity index (χ1n) is 8.13. The lowest BCUT2D eigenvalue weighted by molar-refractivity contribution is 0.422. The molecule has 1 aliphatic carbocycles. The molecule has 0 spiro atoms. The van der Waals surface area contributed by atoms with E-state index in [2.05, 4.69) is 58.7 Å². The Hall–Kier alpha value is -0.610. The van der Waals surface area contributed by atoms with Crippen LogP contribution in [0.3, 0.4) is 0 Å². The van der Waals surface area contributed by atoms with Gasteiger partial charge >= 0.3 is 0 Å². The van der Waals surface area contributed by atoms with Crippen molar-refractivity contribution in [2.45, 2.75) is 84.8 Å². The molecule has 0 saturated heterocycles. The summed E-state index contributed by atoms with van der Waals surface area (Å²) in [6, 6.07) is 0.734. The van der Waals surface area contributed by atoms with Crippen molar-refractivity contribution >= 4 is 16.5 Å². The van der Waals surface area contributed by atoms with Crippen LogP contribution < -0.4 is 10.2 Å². The van der Waals surface area contributed by atoms with Gasteiger partial charge in [-0.3, -0.25) is 0 Å². The van der Waals surface area contributed by atoms with Crippen molar-refractivity contribution in [2.24, 2.45) is 0 Å². The van der Waals surface area contributed by atoms with Gasteiger partial charge in [-0.1, -0.05) is 20.8 Å². The molecule has 0 bridgehead atoms. The molecule has 1 saturated carbocycles. The van der Waals surface area contributed by atoms with E-state index in [4.69, 9.17) is 4.98 Å². The van der Waals surface area contributed by atoms with Crippen LogP contribution in [0.15, 0.2) is 0 Å². The number of thiazole rings is 1. The monoisotopic (exact) mass is 309 g/mol. The molecular formula is C17H31N3S. The van der Waals surface area contributed by atoms with E-state index in [1.165, 1.54) is 28.5 Å². The highest BCUT2D eigenvalue weighted by Gasteiger charge is 2.32. The summed E-state index contributed by atoms with van der Waals surface area (Å²) in [7, 11) is 0. The molecule has 0 radical (unpaired) electrons. The van der Waals surface area contributed by atoms with Crippen molar-refractivity contribution in [1.29, 1.82) is 0 Å². The average Bonchev–Trinajstić information content (AvgIpc) is 3.04. The molecule has 21 heavy (non-hydrogen) atoms. The van der Waals surface area contributed by atoms with Crippen LogP contribution in [0, 0.1) is 0 Å². The summed E-state index contributed by atoms with van der Waals surface area (Å²) in [6.45, 7) is 17.7. The van der Waals surface area contributed by atoms with Crippen molar-refractivity contribution in [3.05, 3.63) is 10.6 Å². The summed E-state index contributed by atoms with van der Waals surface area (Å²) in [5.41, 5.74) is 1.51. The highest BCUT2D eigenvalue weighted by molar-refractivity contribution is 7.15. The molecule has 0 aliphatic heterocycles. The van der Waals surface area contributed by atoms with Gasteiger partial charge in [0.05, 0.1) is 5.69 Å². The lowest BCUT2D eigenvalue weighted by atomic mass is 9.91. The molecule has 120 valence electrons. The summed E-state index contributed by atoms with van der Waals surface area (Å²) >= 11 is 1.88. The Morgan fingerprint density at radius 2 is 1.81 bits per heavy atom. The van der Waals surface area contributed by atoms with Crippen LogP contribution in [0.5, 0.6) is 0 Å². The van der Waals surface area contributed by atoms with Crippen molar-refractivity contribution in [2.75, 3.05) is 11.4 Å². The minimum Gasteiger partial charge on any atom is -0.345 e. The van der Waals surface area contributed by atoms with E-state index in [1.54, 1.807) is 0 Å². The van der Waals surface area contributed by atoms with Crippen LogP contribution in [0.4, 0.5) is 5.13 Å². The third-order valence-electron chi connectivity index (χ3n) is 3.75. The summed E-state index contributed by atoms with van der Waals surface area (Å²) in [5, 5.41) is 4.84. The maximum Gasteiger partial charge on any atom is 0.186 e. The zero-order valence-electron chi connectivity index (χ0n) is 14.7. The number of hydrogen-bond donors (Lipinski definition) is 1. The van der Waals surface area contributed by atoms with Crippen LogP contribution in [0.1, 0.15) is 71.9 Å². The molecule has 0 atom stereocenters. The standard InChI is InChI=1S/C17H31N3S/c1-8-20(12-9-10-12)15-19-14(16(2,3)4)13(21-15)11-18-17(5,6)7/h12,18H,8-11H2,1-7H3. The summed E-state index contributed by atoms with van der Waals surface area (Å²) in [4.78, 5) is 8.90.